The molecule has 216 valence electrons. The van der Waals surface area contributed by atoms with Gasteiger partial charge in [-0.1, -0.05) is 104 Å². The third-order valence-corrected chi connectivity index (χ3v) is 9.24. The lowest BCUT2D eigenvalue weighted by Crippen LogP contribution is -2.15. The standard InChI is InChI=1S/C35H51BrO3/c1-4-6-8-12-28-13-15-29(16-14-28)17-18-30-19-24-34(33(36)26-30)39-35(37)31-20-22-32(23-21-31)38-25-10-7-9-11-27(3)5-2/h19-24,26-29H,4-18,25H2,1-3H3/t27-,28?,29?/m0/s1. The molecule has 0 aromatic heterocycles. The number of hydrogen-bond acceptors (Lipinski definition) is 3. The van der Waals surface area contributed by atoms with Crippen LogP contribution in [0.3, 0.4) is 0 Å². The summed E-state index contributed by atoms with van der Waals surface area (Å²) in [4.78, 5) is 12.7. The Balaban J connectivity index is 1.37. The van der Waals surface area contributed by atoms with Crippen molar-refractivity contribution in [3.63, 3.8) is 0 Å². The molecule has 0 spiro atoms. The van der Waals surface area contributed by atoms with Crippen molar-refractivity contribution in [3.8, 4) is 11.5 Å². The Labute approximate surface area is 246 Å². The molecule has 0 heterocycles. The summed E-state index contributed by atoms with van der Waals surface area (Å²) in [6.07, 6.45) is 19.6. The molecule has 2 aromatic rings. The number of unbranched alkanes of at least 4 members (excludes halogenated alkanes) is 4. The molecule has 0 radical (unpaired) electrons. The smallest absolute Gasteiger partial charge is 0.343 e. The van der Waals surface area contributed by atoms with E-state index in [9.17, 15) is 4.79 Å². The Kier molecular flexibility index (Phi) is 14.5. The molecule has 0 aliphatic heterocycles. The highest BCUT2D eigenvalue weighted by atomic mass is 79.9. The number of aryl methyl sites for hydroxylation is 1. The zero-order chi connectivity index (χ0) is 27.9. The predicted molar refractivity (Wildman–Crippen MR) is 167 cm³/mol. The first-order chi connectivity index (χ1) is 19.0. The van der Waals surface area contributed by atoms with Gasteiger partial charge in [-0.15, -0.1) is 0 Å². The summed E-state index contributed by atoms with van der Waals surface area (Å²) in [7, 11) is 0. The highest BCUT2D eigenvalue weighted by Crippen LogP contribution is 2.35. The monoisotopic (exact) mass is 598 g/mol. The van der Waals surface area contributed by atoms with Gasteiger partial charge in [0.25, 0.3) is 0 Å². The van der Waals surface area contributed by atoms with E-state index in [1.54, 1.807) is 12.1 Å². The highest BCUT2D eigenvalue weighted by Gasteiger charge is 2.21. The van der Waals surface area contributed by atoms with Crippen LogP contribution in [-0.4, -0.2) is 12.6 Å². The molecule has 1 atom stereocenters. The topological polar surface area (TPSA) is 35.5 Å². The second kappa shape index (κ2) is 17.8. The van der Waals surface area contributed by atoms with Crippen molar-refractivity contribution in [1.29, 1.82) is 0 Å². The van der Waals surface area contributed by atoms with Crippen LogP contribution in [0.25, 0.3) is 0 Å². The molecule has 0 N–H and O–H groups in total. The third kappa shape index (κ3) is 11.7. The van der Waals surface area contributed by atoms with Gasteiger partial charge in [0.1, 0.15) is 11.5 Å². The number of halogens is 1. The van der Waals surface area contributed by atoms with E-state index in [1.165, 1.54) is 89.0 Å². The summed E-state index contributed by atoms with van der Waals surface area (Å²) in [5.41, 5.74) is 1.82. The fraction of sp³-hybridized carbons (Fsp3) is 0.629. The average Bonchev–Trinajstić information content (AvgIpc) is 2.96. The molecule has 0 unspecified atom stereocenters. The Morgan fingerprint density at radius 1 is 0.897 bits per heavy atom. The highest BCUT2D eigenvalue weighted by molar-refractivity contribution is 9.10. The van der Waals surface area contributed by atoms with Gasteiger partial charge in [-0.05, 0) is 94.9 Å². The number of hydrogen-bond donors (Lipinski definition) is 0. The minimum absolute atomic E-state index is 0.351. The van der Waals surface area contributed by atoms with E-state index in [0.29, 0.717) is 17.9 Å². The van der Waals surface area contributed by atoms with E-state index in [-0.39, 0.29) is 5.97 Å². The minimum atomic E-state index is -0.351. The van der Waals surface area contributed by atoms with E-state index in [1.807, 2.05) is 18.2 Å². The van der Waals surface area contributed by atoms with Gasteiger partial charge >= 0.3 is 5.97 Å². The van der Waals surface area contributed by atoms with Crippen LogP contribution >= 0.6 is 15.9 Å². The van der Waals surface area contributed by atoms with Gasteiger partial charge in [0, 0.05) is 0 Å². The first-order valence-electron chi connectivity index (χ1n) is 15.7. The maximum atomic E-state index is 12.7. The number of rotatable bonds is 17. The number of carbonyl (C=O) groups is 1. The van der Waals surface area contributed by atoms with Gasteiger partial charge in [0.2, 0.25) is 0 Å². The average molecular weight is 600 g/mol. The largest absolute Gasteiger partial charge is 0.494 e. The van der Waals surface area contributed by atoms with Crippen molar-refractivity contribution in [1.82, 2.24) is 0 Å². The molecule has 3 rings (SSSR count). The van der Waals surface area contributed by atoms with E-state index < -0.39 is 0 Å². The maximum absolute atomic E-state index is 12.7. The fourth-order valence-corrected chi connectivity index (χ4v) is 6.16. The molecule has 3 nitrogen and oxygen atoms in total. The molecule has 1 saturated carbocycles. The van der Waals surface area contributed by atoms with Crippen LogP contribution in [0.4, 0.5) is 0 Å². The molecule has 0 saturated heterocycles. The van der Waals surface area contributed by atoms with E-state index in [2.05, 4.69) is 48.8 Å². The van der Waals surface area contributed by atoms with Crippen LogP contribution in [0.15, 0.2) is 46.9 Å². The van der Waals surface area contributed by atoms with Crippen molar-refractivity contribution in [2.75, 3.05) is 6.61 Å². The molecule has 1 aliphatic rings. The first-order valence-corrected chi connectivity index (χ1v) is 16.5. The van der Waals surface area contributed by atoms with Crippen molar-refractivity contribution in [3.05, 3.63) is 58.1 Å². The van der Waals surface area contributed by atoms with Crippen molar-refractivity contribution in [2.45, 2.75) is 117 Å². The van der Waals surface area contributed by atoms with Gasteiger partial charge in [-0.2, -0.15) is 0 Å². The predicted octanol–water partition coefficient (Wildman–Crippen LogP) is 11.0. The number of benzene rings is 2. The second-order valence-electron chi connectivity index (χ2n) is 11.8. The van der Waals surface area contributed by atoms with Crippen LogP contribution in [-0.2, 0) is 6.42 Å². The summed E-state index contributed by atoms with van der Waals surface area (Å²) in [6, 6.07) is 13.4. The lowest BCUT2D eigenvalue weighted by atomic mass is 9.78. The van der Waals surface area contributed by atoms with Crippen LogP contribution in [0.2, 0.25) is 0 Å². The van der Waals surface area contributed by atoms with Crippen molar-refractivity contribution in [2.24, 2.45) is 17.8 Å². The molecular formula is C35H51BrO3. The summed E-state index contributed by atoms with van der Waals surface area (Å²) in [5, 5.41) is 0. The summed E-state index contributed by atoms with van der Waals surface area (Å²) in [6.45, 7) is 7.57. The zero-order valence-corrected chi connectivity index (χ0v) is 26.3. The molecule has 39 heavy (non-hydrogen) atoms. The van der Waals surface area contributed by atoms with Crippen molar-refractivity contribution < 1.29 is 14.3 Å². The van der Waals surface area contributed by atoms with Crippen LogP contribution in [0.1, 0.15) is 127 Å². The minimum Gasteiger partial charge on any atom is -0.494 e. The number of esters is 1. The summed E-state index contributed by atoms with van der Waals surface area (Å²) >= 11 is 3.62. The molecule has 1 aliphatic carbocycles. The summed E-state index contributed by atoms with van der Waals surface area (Å²) in [5.74, 6) is 3.64. The molecule has 4 heteroatoms. The maximum Gasteiger partial charge on any atom is 0.343 e. The van der Waals surface area contributed by atoms with Crippen molar-refractivity contribution >= 4 is 21.9 Å². The number of ether oxygens (including phenoxy) is 2. The first kappa shape index (κ1) is 31.7. The Hall–Kier alpha value is -1.81. The van der Waals surface area contributed by atoms with Gasteiger partial charge in [-0.25, -0.2) is 4.79 Å². The Bertz CT molecular complexity index is 962. The summed E-state index contributed by atoms with van der Waals surface area (Å²) < 4.78 is 12.4. The SMILES string of the molecule is CCCCCC1CCC(CCc2ccc(OC(=O)c3ccc(OCCCCC[C@@H](C)CC)cc3)c(Br)c2)CC1. The fourth-order valence-electron chi connectivity index (χ4n) is 5.66. The lowest BCUT2D eigenvalue weighted by Gasteiger charge is -2.28. The van der Waals surface area contributed by atoms with Crippen LogP contribution in [0.5, 0.6) is 11.5 Å². The Morgan fingerprint density at radius 2 is 1.62 bits per heavy atom. The van der Waals surface area contributed by atoms with E-state index >= 15 is 0 Å². The van der Waals surface area contributed by atoms with Gasteiger partial charge in [0.05, 0.1) is 16.6 Å². The molecular weight excluding hydrogens is 548 g/mol. The van der Waals surface area contributed by atoms with Gasteiger partial charge < -0.3 is 9.47 Å². The molecule has 0 amide bonds. The third-order valence-electron chi connectivity index (χ3n) is 8.62. The second-order valence-corrected chi connectivity index (χ2v) is 12.7. The molecule has 2 aromatic carbocycles. The van der Waals surface area contributed by atoms with Crippen LogP contribution < -0.4 is 9.47 Å². The molecule has 1 fully saturated rings. The van der Waals surface area contributed by atoms with Gasteiger partial charge in [-0.3, -0.25) is 0 Å². The quantitative estimate of drug-likeness (QED) is 0.103. The normalized spacial score (nSPS) is 18.1. The number of carbonyl (C=O) groups excluding carboxylic acids is 1. The van der Waals surface area contributed by atoms with E-state index in [0.717, 1.165) is 40.8 Å². The Morgan fingerprint density at radius 3 is 2.28 bits per heavy atom. The van der Waals surface area contributed by atoms with E-state index in [4.69, 9.17) is 9.47 Å². The lowest BCUT2D eigenvalue weighted by molar-refractivity contribution is 0.0733. The van der Waals surface area contributed by atoms with Gasteiger partial charge in [0.15, 0.2) is 0 Å². The zero-order valence-electron chi connectivity index (χ0n) is 24.7. The molecule has 0 bridgehead atoms. The van der Waals surface area contributed by atoms with Crippen LogP contribution in [0, 0.1) is 17.8 Å².